The summed E-state index contributed by atoms with van der Waals surface area (Å²) in [4.78, 5) is 61.4. The molecule has 3 aromatic carbocycles. The Morgan fingerprint density at radius 1 is 0.922 bits per heavy atom. The summed E-state index contributed by atoms with van der Waals surface area (Å²) in [7, 11) is 0. The van der Waals surface area contributed by atoms with E-state index in [1.54, 1.807) is 21.7 Å². The van der Waals surface area contributed by atoms with Crippen LogP contribution in [0.3, 0.4) is 0 Å². The lowest BCUT2D eigenvalue weighted by Crippen LogP contribution is -2.54. The Morgan fingerprint density at radius 2 is 1.65 bits per heavy atom. The molecule has 0 spiro atoms. The standard InChI is InChI=1S/C36H30F2N8O5/c37-25-15-24-23(35(49)45(36(24)50)28-10-11-29(47)42-34(28)48)14-20(25)16-44-13-12-27(26(38)17-44)46-33-30(32(39)40-18-41-33)31(43-46)19-6-8-22(9-7-19)51-21-4-2-1-3-5-21/h1-9,14-15,18,26-28H,10-13,16-17H2,(H2,39,40,41)(H,42,47,48)/t26-,27-,28?/m1/s1. The Bertz CT molecular complexity index is 2230. The van der Waals surface area contributed by atoms with E-state index in [2.05, 4.69) is 15.3 Å². The summed E-state index contributed by atoms with van der Waals surface area (Å²) in [6, 6.07) is 17.0. The fourth-order valence-electron chi connectivity index (χ4n) is 7.01. The largest absolute Gasteiger partial charge is 0.457 e. The molecule has 5 aromatic rings. The van der Waals surface area contributed by atoms with Gasteiger partial charge in [-0.2, -0.15) is 5.10 Å². The van der Waals surface area contributed by atoms with Crippen LogP contribution in [0.2, 0.25) is 0 Å². The molecule has 0 radical (unpaired) electrons. The molecule has 15 heteroatoms. The second kappa shape index (κ2) is 12.7. The molecule has 13 nitrogen and oxygen atoms in total. The van der Waals surface area contributed by atoms with E-state index >= 15 is 8.78 Å². The second-order valence-electron chi connectivity index (χ2n) is 12.7. The molecule has 3 N–H and O–H groups in total. The fourth-order valence-corrected chi connectivity index (χ4v) is 7.01. The van der Waals surface area contributed by atoms with Gasteiger partial charge in [0.2, 0.25) is 11.8 Å². The SMILES string of the molecule is Nc1ncnc2c1c(-c1ccc(Oc3ccccc3)cc1)nn2[C@@H]1CCN(Cc2cc3c(cc2F)C(=O)N(C2CCC(=O)NC2=O)C3=O)C[C@H]1F. The maximum Gasteiger partial charge on any atom is 0.262 e. The molecule has 8 rings (SSSR count). The number of para-hydroxylation sites is 1. The molecule has 1 unspecified atom stereocenters. The molecule has 0 bridgehead atoms. The number of carbonyl (C=O) groups excluding carboxylic acids is 4. The first-order valence-electron chi connectivity index (χ1n) is 16.4. The van der Waals surface area contributed by atoms with Crippen LogP contribution in [-0.4, -0.2) is 78.5 Å². The molecule has 258 valence electrons. The maximum atomic E-state index is 16.1. The van der Waals surface area contributed by atoms with E-state index in [1.807, 2.05) is 42.5 Å². The van der Waals surface area contributed by atoms with Crippen molar-refractivity contribution in [2.24, 2.45) is 0 Å². The van der Waals surface area contributed by atoms with Gasteiger partial charge in [-0.1, -0.05) is 18.2 Å². The molecule has 2 saturated heterocycles. The first-order valence-corrected chi connectivity index (χ1v) is 16.4. The zero-order valence-electron chi connectivity index (χ0n) is 27.0. The summed E-state index contributed by atoms with van der Waals surface area (Å²) in [5, 5.41) is 7.43. The van der Waals surface area contributed by atoms with Crippen molar-refractivity contribution in [2.75, 3.05) is 18.8 Å². The van der Waals surface area contributed by atoms with E-state index in [0.717, 1.165) is 11.0 Å². The molecule has 3 aliphatic rings. The van der Waals surface area contributed by atoms with Crippen LogP contribution in [0.15, 0.2) is 73.1 Å². The van der Waals surface area contributed by atoms with E-state index in [-0.39, 0.29) is 48.4 Å². The molecule has 0 saturated carbocycles. The van der Waals surface area contributed by atoms with Crippen molar-refractivity contribution < 1.29 is 32.7 Å². The van der Waals surface area contributed by atoms with Crippen LogP contribution < -0.4 is 15.8 Å². The third-order valence-electron chi connectivity index (χ3n) is 9.53. The molecule has 51 heavy (non-hydrogen) atoms. The number of aromatic nitrogens is 4. The smallest absolute Gasteiger partial charge is 0.262 e. The number of imide groups is 2. The van der Waals surface area contributed by atoms with Crippen molar-refractivity contribution in [1.82, 2.24) is 34.9 Å². The lowest BCUT2D eigenvalue weighted by Gasteiger charge is -2.35. The summed E-state index contributed by atoms with van der Waals surface area (Å²) >= 11 is 0. The number of hydrogen-bond donors (Lipinski definition) is 2. The van der Waals surface area contributed by atoms with E-state index < -0.39 is 47.7 Å². The Morgan fingerprint density at radius 3 is 2.37 bits per heavy atom. The van der Waals surface area contributed by atoms with Crippen molar-refractivity contribution in [3.8, 4) is 22.8 Å². The molecular weight excluding hydrogens is 662 g/mol. The Balaban J connectivity index is 1.00. The van der Waals surface area contributed by atoms with Crippen molar-refractivity contribution in [3.05, 3.63) is 95.6 Å². The van der Waals surface area contributed by atoms with Crippen LogP contribution in [0, 0.1) is 5.82 Å². The highest BCUT2D eigenvalue weighted by Crippen LogP contribution is 2.37. The molecule has 5 heterocycles. The third-order valence-corrected chi connectivity index (χ3v) is 9.53. The molecule has 0 aliphatic carbocycles. The number of anilines is 1. The number of fused-ring (bicyclic) bond motifs is 2. The first kappa shape index (κ1) is 32.1. The van der Waals surface area contributed by atoms with E-state index in [9.17, 15) is 19.2 Å². The van der Waals surface area contributed by atoms with Crippen LogP contribution in [-0.2, 0) is 16.1 Å². The van der Waals surface area contributed by atoms with Gasteiger partial charge in [0.1, 0.15) is 47.4 Å². The van der Waals surface area contributed by atoms with Gasteiger partial charge in [-0.05, 0) is 61.4 Å². The van der Waals surface area contributed by atoms with Crippen molar-refractivity contribution in [1.29, 1.82) is 0 Å². The summed E-state index contributed by atoms with van der Waals surface area (Å²) in [5.74, 6) is -2.00. The topological polar surface area (TPSA) is 166 Å². The van der Waals surface area contributed by atoms with Crippen LogP contribution in [0.1, 0.15) is 51.6 Å². The highest BCUT2D eigenvalue weighted by atomic mass is 19.1. The number of likely N-dealkylation sites (tertiary alicyclic amines) is 1. The van der Waals surface area contributed by atoms with Gasteiger partial charge < -0.3 is 10.5 Å². The number of hydrogen-bond acceptors (Lipinski definition) is 10. The zero-order valence-corrected chi connectivity index (χ0v) is 27.0. The molecule has 4 amide bonds. The Labute approximate surface area is 289 Å². The van der Waals surface area contributed by atoms with Crippen LogP contribution in [0.4, 0.5) is 14.6 Å². The summed E-state index contributed by atoms with van der Waals surface area (Å²) in [5.41, 5.74) is 7.80. The minimum Gasteiger partial charge on any atom is -0.457 e. The summed E-state index contributed by atoms with van der Waals surface area (Å²) in [6.45, 7) is 0.267. The van der Waals surface area contributed by atoms with Gasteiger partial charge in [0.15, 0.2) is 5.65 Å². The van der Waals surface area contributed by atoms with Gasteiger partial charge in [-0.3, -0.25) is 34.3 Å². The average Bonchev–Trinajstić information content (AvgIpc) is 3.61. The number of amides is 4. The van der Waals surface area contributed by atoms with Gasteiger partial charge in [0, 0.05) is 37.2 Å². The lowest BCUT2D eigenvalue weighted by molar-refractivity contribution is -0.136. The maximum absolute atomic E-state index is 16.1. The quantitative estimate of drug-likeness (QED) is 0.236. The molecular formula is C36H30F2N8O5. The van der Waals surface area contributed by atoms with Gasteiger partial charge >= 0.3 is 0 Å². The van der Waals surface area contributed by atoms with Crippen LogP contribution in [0.25, 0.3) is 22.3 Å². The average molecular weight is 693 g/mol. The van der Waals surface area contributed by atoms with Gasteiger partial charge in [0.25, 0.3) is 11.8 Å². The first-order chi connectivity index (χ1) is 24.7. The zero-order chi connectivity index (χ0) is 35.4. The fraction of sp³-hybridized carbons (Fsp3) is 0.250. The number of rotatable bonds is 7. The molecule has 3 aliphatic heterocycles. The van der Waals surface area contributed by atoms with Crippen molar-refractivity contribution in [3.63, 3.8) is 0 Å². The number of carbonyl (C=O) groups is 4. The third kappa shape index (κ3) is 5.74. The van der Waals surface area contributed by atoms with Gasteiger partial charge in [-0.25, -0.2) is 23.4 Å². The Kier molecular flexibility index (Phi) is 7.98. The van der Waals surface area contributed by atoms with Crippen molar-refractivity contribution >= 4 is 40.5 Å². The predicted molar refractivity (Wildman–Crippen MR) is 179 cm³/mol. The molecule has 2 aromatic heterocycles. The van der Waals surface area contributed by atoms with Crippen LogP contribution >= 0.6 is 0 Å². The number of alkyl halides is 1. The normalized spacial score (nSPS) is 20.9. The van der Waals surface area contributed by atoms with E-state index in [0.29, 0.717) is 46.8 Å². The number of nitrogen functional groups attached to an aromatic ring is 1. The van der Waals surface area contributed by atoms with Gasteiger partial charge in [0.05, 0.1) is 22.6 Å². The molecule has 3 atom stereocenters. The number of nitrogens with one attached hydrogen (secondary N) is 1. The monoisotopic (exact) mass is 692 g/mol. The predicted octanol–water partition coefficient (Wildman–Crippen LogP) is 4.19. The van der Waals surface area contributed by atoms with Gasteiger partial charge in [-0.15, -0.1) is 0 Å². The number of nitrogens with zero attached hydrogens (tertiary/aromatic N) is 6. The molecule has 2 fully saturated rings. The summed E-state index contributed by atoms with van der Waals surface area (Å²) < 4.78 is 38.9. The van der Waals surface area contributed by atoms with Crippen molar-refractivity contribution in [2.45, 2.75) is 44.1 Å². The van der Waals surface area contributed by atoms with Crippen LogP contribution in [0.5, 0.6) is 11.5 Å². The lowest BCUT2D eigenvalue weighted by atomic mass is 10.0. The number of ether oxygens (including phenoxy) is 1. The highest BCUT2D eigenvalue weighted by molar-refractivity contribution is 6.23. The minimum atomic E-state index is -1.43. The number of piperidine rings is 2. The minimum absolute atomic E-state index is 0.0139. The Hall–Kier alpha value is -6.09. The van der Waals surface area contributed by atoms with E-state index in [1.165, 1.54) is 12.4 Å². The number of benzene rings is 3. The number of halogens is 2. The van der Waals surface area contributed by atoms with E-state index in [4.69, 9.17) is 15.6 Å². The number of nitrogens with two attached hydrogens (primary N) is 1. The highest BCUT2D eigenvalue weighted by Gasteiger charge is 2.45. The second-order valence-corrected chi connectivity index (χ2v) is 12.7. The summed E-state index contributed by atoms with van der Waals surface area (Å²) in [6.07, 6.45) is 0.134.